The lowest BCUT2D eigenvalue weighted by molar-refractivity contribution is -0.132. The number of Topliss-reactive ketones (excluding diaryl/α,β-unsaturated/α-hetero) is 2. The molecular formula is C70H118N4O6. The average molecular weight is 1110 g/mol. The first kappa shape index (κ1) is 71.5. The maximum absolute atomic E-state index is 14.2. The fourth-order valence-corrected chi connectivity index (χ4v) is 10.1. The summed E-state index contributed by atoms with van der Waals surface area (Å²) in [5.74, 6) is -0.237. The molecule has 0 aliphatic rings. The first-order valence-electron chi connectivity index (χ1n) is 33.3. The van der Waals surface area contributed by atoms with Crippen LogP contribution in [0, 0.1) is 0 Å². The number of benzene rings is 2. The van der Waals surface area contributed by atoms with Crippen LogP contribution in [0.2, 0.25) is 0 Å². The maximum atomic E-state index is 14.2. The minimum atomic E-state index is -0.860. The van der Waals surface area contributed by atoms with Gasteiger partial charge in [-0.1, -0.05) is 247 Å². The van der Waals surface area contributed by atoms with Gasteiger partial charge in [0.15, 0.2) is 11.6 Å². The zero-order chi connectivity index (χ0) is 57.9. The van der Waals surface area contributed by atoms with E-state index in [-0.39, 0.29) is 11.6 Å². The number of allylic oxidation sites excluding steroid dienone is 2. The van der Waals surface area contributed by atoms with Crippen LogP contribution >= 0.6 is 0 Å². The summed E-state index contributed by atoms with van der Waals surface area (Å²) >= 11 is 0. The Labute approximate surface area is 489 Å². The predicted octanol–water partition coefficient (Wildman–Crippen LogP) is 21.3. The molecular weight excluding hydrogens is 993 g/mol. The van der Waals surface area contributed by atoms with Crippen LogP contribution in [0.5, 0.6) is 11.5 Å². The van der Waals surface area contributed by atoms with E-state index >= 15 is 0 Å². The second-order valence-corrected chi connectivity index (χ2v) is 22.8. The Morgan fingerprint density at radius 3 is 0.887 bits per heavy atom. The molecule has 4 N–H and O–H groups in total. The van der Waals surface area contributed by atoms with E-state index in [9.17, 15) is 19.2 Å². The van der Waals surface area contributed by atoms with Crippen LogP contribution in [0.3, 0.4) is 0 Å². The molecule has 0 aliphatic heterocycles. The van der Waals surface area contributed by atoms with Gasteiger partial charge in [-0.3, -0.25) is 19.2 Å². The summed E-state index contributed by atoms with van der Waals surface area (Å²) in [6.45, 7) is 14.4. The number of carbonyl (C=O) groups excluding carboxylic acids is 4. The van der Waals surface area contributed by atoms with E-state index in [4.69, 9.17) is 9.47 Å². The standard InChI is InChI=1S/C70H118N4O6/c1-7-13-19-25-31-35-41-47-67(75)59(45-39-33-27-21-15-9-3)57-71-63-51-49-61(79-53-43-37-29-23-17-11-5)55-65(63)73-69(77)70(78)74-66-56-62(80-54-44-38-30-24-18-12-6)50-52-64(66)72-58-60(46-40-34-28-22-16-10-4)68(76)48-42-36-32-26-20-14-8-2/h49-52,55-58,71-72H,7-48,53-54H2,1-6H3,(H,73,77)(H,74,78)/b59-57+,60-58+. The van der Waals surface area contributed by atoms with Crippen molar-refractivity contribution in [3.05, 3.63) is 59.9 Å². The fourth-order valence-electron chi connectivity index (χ4n) is 10.1. The molecule has 0 atom stereocenters. The number of rotatable bonds is 54. The van der Waals surface area contributed by atoms with Crippen molar-refractivity contribution in [3.63, 3.8) is 0 Å². The van der Waals surface area contributed by atoms with E-state index in [1.807, 2.05) is 36.7 Å². The number of ketones is 2. The van der Waals surface area contributed by atoms with Crippen molar-refractivity contribution in [3.8, 4) is 11.5 Å². The number of amides is 2. The molecule has 0 heterocycles. The molecule has 0 aromatic heterocycles. The Morgan fingerprint density at radius 1 is 0.325 bits per heavy atom. The Bertz CT molecular complexity index is 1840. The predicted molar refractivity (Wildman–Crippen MR) is 343 cm³/mol. The van der Waals surface area contributed by atoms with Gasteiger partial charge < -0.3 is 30.7 Å². The van der Waals surface area contributed by atoms with E-state index in [1.165, 1.54) is 141 Å². The number of carbonyl (C=O) groups is 4. The topological polar surface area (TPSA) is 135 Å². The summed E-state index contributed by atoms with van der Waals surface area (Å²) < 4.78 is 12.5. The molecule has 10 nitrogen and oxygen atoms in total. The highest BCUT2D eigenvalue weighted by Gasteiger charge is 2.20. The van der Waals surface area contributed by atoms with Gasteiger partial charge in [0.05, 0.1) is 36.0 Å². The highest BCUT2D eigenvalue weighted by Crippen LogP contribution is 2.31. The smallest absolute Gasteiger partial charge is 0.314 e. The number of hydrogen-bond acceptors (Lipinski definition) is 8. The molecule has 2 aromatic rings. The van der Waals surface area contributed by atoms with Crippen molar-refractivity contribution in [1.29, 1.82) is 0 Å². The van der Waals surface area contributed by atoms with Gasteiger partial charge in [0, 0.05) is 48.5 Å². The van der Waals surface area contributed by atoms with Crippen LogP contribution in [-0.2, 0) is 19.2 Å². The third kappa shape index (κ3) is 36.0. The van der Waals surface area contributed by atoms with Crippen molar-refractivity contribution < 1.29 is 28.7 Å². The normalized spacial score (nSPS) is 11.7. The van der Waals surface area contributed by atoms with Crippen LogP contribution in [0.1, 0.15) is 311 Å². The maximum Gasteiger partial charge on any atom is 0.314 e. The van der Waals surface area contributed by atoms with Gasteiger partial charge in [-0.2, -0.15) is 0 Å². The number of nitrogens with one attached hydrogen (secondary N) is 4. The van der Waals surface area contributed by atoms with Gasteiger partial charge in [-0.15, -0.1) is 0 Å². The second kappa shape index (κ2) is 50.2. The molecule has 2 rings (SSSR count). The van der Waals surface area contributed by atoms with Gasteiger partial charge in [0.25, 0.3) is 0 Å². The van der Waals surface area contributed by atoms with Gasteiger partial charge in [-0.05, 0) is 75.6 Å². The second-order valence-electron chi connectivity index (χ2n) is 22.8. The zero-order valence-electron chi connectivity index (χ0n) is 52.2. The lowest BCUT2D eigenvalue weighted by Crippen LogP contribution is -2.29. The molecule has 0 unspecified atom stereocenters. The van der Waals surface area contributed by atoms with Gasteiger partial charge in [-0.25, -0.2) is 0 Å². The van der Waals surface area contributed by atoms with Crippen LogP contribution < -0.4 is 30.7 Å². The average Bonchev–Trinajstić information content (AvgIpc) is 3.48. The van der Waals surface area contributed by atoms with E-state index < -0.39 is 11.8 Å². The van der Waals surface area contributed by atoms with E-state index in [0.717, 1.165) is 114 Å². The largest absolute Gasteiger partial charge is 0.494 e. The zero-order valence-corrected chi connectivity index (χ0v) is 52.2. The molecule has 454 valence electrons. The molecule has 0 saturated heterocycles. The molecule has 0 bridgehead atoms. The summed E-state index contributed by atoms with van der Waals surface area (Å²) in [6, 6.07) is 11.0. The molecule has 80 heavy (non-hydrogen) atoms. The molecule has 0 spiro atoms. The summed E-state index contributed by atoms with van der Waals surface area (Å²) in [5.41, 5.74) is 3.37. The summed E-state index contributed by atoms with van der Waals surface area (Å²) in [6.07, 6.45) is 49.3. The monoisotopic (exact) mass is 1110 g/mol. The van der Waals surface area contributed by atoms with E-state index in [1.54, 1.807) is 12.1 Å². The lowest BCUT2D eigenvalue weighted by atomic mass is 9.99. The summed E-state index contributed by atoms with van der Waals surface area (Å²) in [7, 11) is 0. The Kier molecular flexibility index (Phi) is 44.8. The first-order valence-corrected chi connectivity index (χ1v) is 33.3. The molecule has 0 saturated carbocycles. The van der Waals surface area contributed by atoms with Gasteiger partial charge in [0.2, 0.25) is 0 Å². The van der Waals surface area contributed by atoms with Crippen molar-refractivity contribution in [1.82, 2.24) is 0 Å². The SMILES string of the molecule is CCCCCCCCCC(=O)/C(=C/Nc1ccc(OCCCCCCCC)cc1NC(=O)C(=O)Nc1cc(OCCCCCCCC)ccc1N/C=C(\CCCCCCCC)C(=O)CCCCCCCCC)CCCCCCCC. The Hall–Kier alpha value is -4.60. The number of anilines is 4. The van der Waals surface area contributed by atoms with E-state index in [2.05, 4.69) is 62.8 Å². The third-order valence-electron chi connectivity index (χ3n) is 15.4. The highest BCUT2D eigenvalue weighted by atomic mass is 16.5. The van der Waals surface area contributed by atoms with Crippen molar-refractivity contribution >= 4 is 46.1 Å². The highest BCUT2D eigenvalue weighted by molar-refractivity contribution is 6.44. The molecule has 2 amide bonds. The molecule has 10 heteroatoms. The fraction of sp³-hybridized carbons (Fsp3) is 0.714. The minimum absolute atomic E-state index is 0.160. The first-order chi connectivity index (χ1) is 39.2. The number of hydrogen-bond donors (Lipinski definition) is 4. The summed E-state index contributed by atoms with van der Waals surface area (Å²) in [4.78, 5) is 56.1. The van der Waals surface area contributed by atoms with E-state index in [0.29, 0.717) is 73.1 Å². The van der Waals surface area contributed by atoms with Crippen LogP contribution in [0.4, 0.5) is 22.7 Å². The third-order valence-corrected chi connectivity index (χ3v) is 15.4. The molecule has 0 fully saturated rings. The number of ether oxygens (including phenoxy) is 2. The van der Waals surface area contributed by atoms with Crippen LogP contribution in [0.25, 0.3) is 0 Å². The van der Waals surface area contributed by atoms with Crippen molar-refractivity contribution in [2.75, 3.05) is 34.5 Å². The van der Waals surface area contributed by atoms with Crippen LogP contribution in [0.15, 0.2) is 59.9 Å². The molecule has 0 radical (unpaired) electrons. The summed E-state index contributed by atoms with van der Waals surface area (Å²) in [5, 5.41) is 12.6. The van der Waals surface area contributed by atoms with Crippen LogP contribution in [-0.4, -0.2) is 36.6 Å². The van der Waals surface area contributed by atoms with Gasteiger partial charge in [0.1, 0.15) is 11.5 Å². The molecule has 2 aromatic carbocycles. The van der Waals surface area contributed by atoms with Crippen molar-refractivity contribution in [2.24, 2.45) is 0 Å². The van der Waals surface area contributed by atoms with Crippen molar-refractivity contribution in [2.45, 2.75) is 311 Å². The quantitative estimate of drug-likeness (QED) is 0.0292. The number of unbranched alkanes of at least 4 members (excludes halogenated alkanes) is 32. The Morgan fingerprint density at radius 2 is 0.588 bits per heavy atom. The van der Waals surface area contributed by atoms with Gasteiger partial charge >= 0.3 is 11.8 Å². The molecule has 0 aliphatic carbocycles. The Balaban J connectivity index is 2.48. The minimum Gasteiger partial charge on any atom is -0.494 e. The lowest BCUT2D eigenvalue weighted by Gasteiger charge is -2.17.